The number of phenols is 1. The second-order valence-corrected chi connectivity index (χ2v) is 7.21. The van der Waals surface area contributed by atoms with Crippen LogP contribution in [0.1, 0.15) is 32.3 Å². The van der Waals surface area contributed by atoms with E-state index >= 15 is 0 Å². The lowest BCUT2D eigenvalue weighted by Crippen LogP contribution is -2.55. The van der Waals surface area contributed by atoms with Gasteiger partial charge >= 0.3 is 6.03 Å². The highest BCUT2D eigenvalue weighted by molar-refractivity contribution is 14.0. The Morgan fingerprint density at radius 2 is 1.93 bits per heavy atom. The average Bonchev–Trinajstić information content (AvgIpc) is 2.93. The quantitative estimate of drug-likeness (QED) is 0.218. The van der Waals surface area contributed by atoms with Gasteiger partial charge in [0.1, 0.15) is 11.3 Å². The third kappa shape index (κ3) is 4.86. The number of nitrogens with zero attached hydrogens (tertiary/aromatic N) is 2. The van der Waals surface area contributed by atoms with Gasteiger partial charge in [0.25, 0.3) is 5.91 Å². The Bertz CT molecular complexity index is 732. The van der Waals surface area contributed by atoms with Crippen LogP contribution in [-0.2, 0) is 11.3 Å². The van der Waals surface area contributed by atoms with Gasteiger partial charge in [0.15, 0.2) is 5.96 Å². The fraction of sp³-hybridized carbons (Fsp3) is 0.526. The van der Waals surface area contributed by atoms with Crippen LogP contribution in [0.5, 0.6) is 5.75 Å². The Labute approximate surface area is 182 Å². The van der Waals surface area contributed by atoms with E-state index in [1.807, 2.05) is 19.1 Å². The molecule has 1 unspecified atom stereocenters. The van der Waals surface area contributed by atoms with Gasteiger partial charge in [-0.05, 0) is 50.3 Å². The summed E-state index contributed by atoms with van der Waals surface area (Å²) in [6.07, 6.45) is 1.60. The monoisotopic (exact) mass is 501 g/mol. The summed E-state index contributed by atoms with van der Waals surface area (Å²) in [5.41, 5.74) is 0.195. The van der Waals surface area contributed by atoms with Gasteiger partial charge in [-0.1, -0.05) is 12.1 Å². The molecule has 0 aromatic heterocycles. The minimum absolute atomic E-state index is 0. The molecule has 2 fully saturated rings. The summed E-state index contributed by atoms with van der Waals surface area (Å²) < 4.78 is 0. The standard InChI is InChI=1S/C19H27N5O3.HI/c1-3-20-17(21-12-13-4-6-15(25)7-5-13)24-10-8-14(9-11-24)19(2)16(26)22-18(27)23-19;/h4-7,14,25H,3,8-12H2,1-2H3,(H,20,21)(H2,22,23,26,27);1H. The number of phenolic OH excluding ortho intramolecular Hbond substituents is 1. The zero-order valence-corrected chi connectivity index (χ0v) is 18.5. The predicted octanol–water partition coefficient (Wildman–Crippen LogP) is 1.79. The van der Waals surface area contributed by atoms with Gasteiger partial charge in [0.05, 0.1) is 6.54 Å². The molecular weight excluding hydrogens is 473 g/mol. The van der Waals surface area contributed by atoms with Crippen molar-refractivity contribution in [2.75, 3.05) is 19.6 Å². The molecule has 2 saturated heterocycles. The summed E-state index contributed by atoms with van der Waals surface area (Å²) in [4.78, 5) is 30.6. The molecule has 2 aliphatic rings. The number of piperidine rings is 1. The number of guanidine groups is 1. The minimum Gasteiger partial charge on any atom is -0.508 e. The van der Waals surface area contributed by atoms with Gasteiger partial charge in [0.2, 0.25) is 0 Å². The van der Waals surface area contributed by atoms with E-state index < -0.39 is 11.6 Å². The molecule has 9 heteroatoms. The number of rotatable bonds is 4. The molecule has 1 aromatic carbocycles. The van der Waals surface area contributed by atoms with Crippen molar-refractivity contribution in [3.8, 4) is 5.75 Å². The molecule has 2 aliphatic heterocycles. The minimum atomic E-state index is -0.829. The molecule has 28 heavy (non-hydrogen) atoms. The number of hydrogen-bond donors (Lipinski definition) is 4. The molecule has 0 bridgehead atoms. The summed E-state index contributed by atoms with van der Waals surface area (Å²) in [5, 5.41) is 17.8. The molecule has 2 heterocycles. The second-order valence-electron chi connectivity index (χ2n) is 7.21. The van der Waals surface area contributed by atoms with Crippen molar-refractivity contribution in [1.82, 2.24) is 20.9 Å². The first-order valence-corrected chi connectivity index (χ1v) is 9.37. The highest BCUT2D eigenvalue weighted by Gasteiger charge is 2.48. The first kappa shape index (κ1) is 22.3. The number of benzene rings is 1. The highest BCUT2D eigenvalue weighted by atomic mass is 127. The number of likely N-dealkylation sites (tertiary alicyclic amines) is 1. The molecule has 154 valence electrons. The van der Waals surface area contributed by atoms with Gasteiger partial charge in [-0.25, -0.2) is 9.79 Å². The highest BCUT2D eigenvalue weighted by Crippen LogP contribution is 2.30. The normalized spacial score (nSPS) is 23.1. The molecule has 0 saturated carbocycles. The first-order chi connectivity index (χ1) is 12.9. The van der Waals surface area contributed by atoms with Gasteiger partial charge in [0, 0.05) is 19.6 Å². The van der Waals surface area contributed by atoms with Crippen LogP contribution >= 0.6 is 24.0 Å². The van der Waals surface area contributed by atoms with Crippen LogP contribution in [0.3, 0.4) is 0 Å². The Morgan fingerprint density at radius 3 is 2.46 bits per heavy atom. The van der Waals surface area contributed by atoms with Gasteiger partial charge in [-0.2, -0.15) is 0 Å². The van der Waals surface area contributed by atoms with Crippen molar-refractivity contribution in [2.45, 2.75) is 38.8 Å². The number of carbonyl (C=O) groups is 2. The lowest BCUT2D eigenvalue weighted by atomic mass is 9.79. The molecule has 3 rings (SSSR count). The molecule has 1 atom stereocenters. The summed E-state index contributed by atoms with van der Waals surface area (Å²) in [7, 11) is 0. The largest absolute Gasteiger partial charge is 0.508 e. The smallest absolute Gasteiger partial charge is 0.322 e. The maximum atomic E-state index is 12.1. The lowest BCUT2D eigenvalue weighted by Gasteiger charge is -2.39. The number of amides is 3. The predicted molar refractivity (Wildman–Crippen MR) is 118 cm³/mol. The lowest BCUT2D eigenvalue weighted by molar-refractivity contribution is -0.125. The van der Waals surface area contributed by atoms with Crippen molar-refractivity contribution in [3.63, 3.8) is 0 Å². The first-order valence-electron chi connectivity index (χ1n) is 9.37. The number of carbonyl (C=O) groups excluding carboxylic acids is 2. The van der Waals surface area contributed by atoms with E-state index in [0.717, 1.165) is 44.0 Å². The van der Waals surface area contributed by atoms with E-state index in [4.69, 9.17) is 4.99 Å². The molecule has 0 spiro atoms. The zero-order chi connectivity index (χ0) is 19.4. The Hall–Kier alpha value is -2.04. The zero-order valence-electron chi connectivity index (χ0n) is 16.2. The number of hydrogen-bond acceptors (Lipinski definition) is 4. The van der Waals surface area contributed by atoms with Gasteiger partial charge < -0.3 is 20.6 Å². The van der Waals surface area contributed by atoms with Gasteiger partial charge in [-0.3, -0.25) is 10.1 Å². The number of urea groups is 1. The molecule has 0 aliphatic carbocycles. The number of aliphatic imine (C=N–C) groups is 1. The number of imide groups is 1. The van der Waals surface area contributed by atoms with Crippen LogP contribution in [0.25, 0.3) is 0 Å². The van der Waals surface area contributed by atoms with Crippen molar-refractivity contribution in [3.05, 3.63) is 29.8 Å². The summed E-state index contributed by atoms with van der Waals surface area (Å²) in [6, 6.07) is 6.62. The van der Waals surface area contributed by atoms with Crippen LogP contribution < -0.4 is 16.0 Å². The summed E-state index contributed by atoms with van der Waals surface area (Å²) >= 11 is 0. The van der Waals surface area contributed by atoms with Crippen LogP contribution in [0, 0.1) is 5.92 Å². The number of halogens is 1. The van der Waals surface area contributed by atoms with E-state index in [1.54, 1.807) is 19.1 Å². The van der Waals surface area contributed by atoms with Crippen LogP contribution in [0.2, 0.25) is 0 Å². The van der Waals surface area contributed by atoms with Crippen LogP contribution in [0.15, 0.2) is 29.3 Å². The molecular formula is C19H28IN5O3. The fourth-order valence-corrected chi connectivity index (χ4v) is 3.71. The van der Waals surface area contributed by atoms with E-state index in [0.29, 0.717) is 6.54 Å². The van der Waals surface area contributed by atoms with E-state index in [9.17, 15) is 14.7 Å². The maximum absolute atomic E-state index is 12.1. The summed E-state index contributed by atoms with van der Waals surface area (Å²) in [6.45, 7) is 6.67. The fourth-order valence-electron chi connectivity index (χ4n) is 3.71. The van der Waals surface area contributed by atoms with E-state index in [1.165, 1.54) is 0 Å². The molecule has 0 radical (unpaired) electrons. The van der Waals surface area contributed by atoms with Crippen LogP contribution in [0.4, 0.5) is 4.79 Å². The molecule has 3 amide bonds. The molecule has 4 N–H and O–H groups in total. The maximum Gasteiger partial charge on any atom is 0.322 e. The Balaban J connectivity index is 0.00000280. The van der Waals surface area contributed by atoms with Crippen LogP contribution in [-0.4, -0.2) is 53.1 Å². The van der Waals surface area contributed by atoms with Crippen molar-refractivity contribution in [1.29, 1.82) is 0 Å². The van der Waals surface area contributed by atoms with Gasteiger partial charge in [-0.15, -0.1) is 24.0 Å². The van der Waals surface area contributed by atoms with Crippen molar-refractivity contribution >= 4 is 41.9 Å². The molecule has 8 nitrogen and oxygen atoms in total. The SMILES string of the molecule is CCNC(=NCc1ccc(O)cc1)N1CCC(C2(C)NC(=O)NC2=O)CC1.I. The van der Waals surface area contributed by atoms with E-state index in [2.05, 4.69) is 20.9 Å². The number of nitrogens with one attached hydrogen (secondary N) is 3. The molecule has 1 aromatic rings. The average molecular weight is 501 g/mol. The second kappa shape index (κ2) is 9.44. The topological polar surface area (TPSA) is 106 Å². The number of aromatic hydroxyl groups is 1. The van der Waals surface area contributed by atoms with E-state index in [-0.39, 0.29) is 41.6 Å². The Morgan fingerprint density at radius 1 is 1.29 bits per heavy atom. The summed E-state index contributed by atoms with van der Waals surface area (Å²) in [5.74, 6) is 0.946. The van der Waals surface area contributed by atoms with Crippen molar-refractivity contribution < 1.29 is 14.7 Å². The third-order valence-corrected chi connectivity index (χ3v) is 5.37. The Kier molecular flexibility index (Phi) is 7.50. The third-order valence-electron chi connectivity index (χ3n) is 5.37. The van der Waals surface area contributed by atoms with Crippen molar-refractivity contribution in [2.24, 2.45) is 10.9 Å².